The molecule has 1 amide bonds. The summed E-state index contributed by atoms with van der Waals surface area (Å²) >= 11 is 0. The largest absolute Gasteiger partial charge is 0.474 e. The first-order valence-corrected chi connectivity index (χ1v) is 11.2. The summed E-state index contributed by atoms with van der Waals surface area (Å²) < 4.78 is 33.5. The molecular formula is C19H25N5O4S. The van der Waals surface area contributed by atoms with Gasteiger partial charge >= 0.3 is 0 Å². The smallest absolute Gasteiger partial charge is 0.257 e. The van der Waals surface area contributed by atoms with Crippen molar-refractivity contribution in [1.82, 2.24) is 19.7 Å². The number of sulfonamides is 1. The van der Waals surface area contributed by atoms with Gasteiger partial charge in [-0.1, -0.05) is 0 Å². The standard InChI is InChI=1S/C19H25N5O4S/c1-22-13-14(11-21-22)19(25)24-9-7-16(8-10-24)28-18-6-3-15(12-20-18)23(2)29(26,27)17-4-5-17/h3,6,11-13,16-17H,4-5,7-10H2,1-2H3. The van der Waals surface area contributed by atoms with E-state index >= 15 is 0 Å². The molecule has 1 saturated carbocycles. The summed E-state index contributed by atoms with van der Waals surface area (Å²) in [4.78, 5) is 18.6. The Kier molecular flexibility index (Phi) is 5.20. The molecule has 0 radical (unpaired) electrons. The fraction of sp³-hybridized carbons (Fsp3) is 0.526. The van der Waals surface area contributed by atoms with Crippen molar-refractivity contribution in [2.45, 2.75) is 37.0 Å². The molecule has 1 aliphatic heterocycles. The van der Waals surface area contributed by atoms with Gasteiger partial charge in [-0.25, -0.2) is 13.4 Å². The van der Waals surface area contributed by atoms with Gasteiger partial charge in [0.2, 0.25) is 15.9 Å². The van der Waals surface area contributed by atoms with Crippen molar-refractivity contribution in [2.24, 2.45) is 7.05 Å². The molecule has 0 spiro atoms. The molecule has 2 aromatic heterocycles. The molecule has 0 bridgehead atoms. The second kappa shape index (κ2) is 7.66. The summed E-state index contributed by atoms with van der Waals surface area (Å²) in [6.45, 7) is 1.22. The first-order chi connectivity index (χ1) is 13.8. The highest BCUT2D eigenvalue weighted by Gasteiger charge is 2.39. The van der Waals surface area contributed by atoms with Crippen molar-refractivity contribution in [3.8, 4) is 5.88 Å². The van der Waals surface area contributed by atoms with Crippen molar-refractivity contribution >= 4 is 21.6 Å². The minimum Gasteiger partial charge on any atom is -0.474 e. The van der Waals surface area contributed by atoms with Gasteiger partial charge in [-0.2, -0.15) is 5.10 Å². The number of carbonyl (C=O) groups excluding carboxylic acids is 1. The van der Waals surface area contributed by atoms with Crippen LogP contribution in [-0.2, 0) is 17.1 Å². The number of ether oxygens (including phenoxy) is 1. The van der Waals surface area contributed by atoms with E-state index in [2.05, 4.69) is 10.1 Å². The highest BCUT2D eigenvalue weighted by molar-refractivity contribution is 7.93. The first-order valence-electron chi connectivity index (χ1n) is 9.73. The van der Waals surface area contributed by atoms with E-state index in [9.17, 15) is 13.2 Å². The maximum atomic E-state index is 12.5. The number of rotatable bonds is 6. The fourth-order valence-corrected chi connectivity index (χ4v) is 5.01. The van der Waals surface area contributed by atoms with E-state index in [1.165, 1.54) is 10.5 Å². The molecule has 2 fully saturated rings. The van der Waals surface area contributed by atoms with Crippen LogP contribution in [-0.4, -0.2) is 65.5 Å². The lowest BCUT2D eigenvalue weighted by atomic mass is 10.1. The number of aryl methyl sites for hydroxylation is 1. The summed E-state index contributed by atoms with van der Waals surface area (Å²) in [5.74, 6) is 0.446. The normalized spacial score (nSPS) is 17.9. The van der Waals surface area contributed by atoms with Crippen LogP contribution < -0.4 is 9.04 Å². The van der Waals surface area contributed by atoms with Crippen LogP contribution in [0.4, 0.5) is 5.69 Å². The topological polar surface area (TPSA) is 97.6 Å². The molecular weight excluding hydrogens is 394 g/mol. The second-order valence-electron chi connectivity index (χ2n) is 7.58. The van der Waals surface area contributed by atoms with Crippen LogP contribution in [0.5, 0.6) is 5.88 Å². The maximum absolute atomic E-state index is 12.5. The number of likely N-dealkylation sites (tertiary alicyclic amines) is 1. The Morgan fingerprint density at radius 3 is 2.45 bits per heavy atom. The van der Waals surface area contributed by atoms with Crippen LogP contribution in [0.2, 0.25) is 0 Å². The molecule has 0 atom stereocenters. The molecule has 29 heavy (non-hydrogen) atoms. The first kappa shape index (κ1) is 19.7. The van der Waals surface area contributed by atoms with Gasteiger partial charge < -0.3 is 9.64 Å². The Morgan fingerprint density at radius 2 is 1.90 bits per heavy atom. The summed E-state index contributed by atoms with van der Waals surface area (Å²) in [5.41, 5.74) is 1.12. The average Bonchev–Trinajstić information content (AvgIpc) is 3.50. The van der Waals surface area contributed by atoms with E-state index in [0.717, 1.165) is 12.8 Å². The number of hydrogen-bond donors (Lipinski definition) is 0. The van der Waals surface area contributed by atoms with E-state index in [1.54, 1.807) is 43.3 Å². The number of nitrogens with zero attached hydrogens (tertiary/aromatic N) is 5. The van der Waals surface area contributed by atoms with E-state index in [4.69, 9.17) is 4.74 Å². The van der Waals surface area contributed by atoms with Crippen molar-refractivity contribution in [1.29, 1.82) is 0 Å². The van der Waals surface area contributed by atoms with Crippen LogP contribution in [0.15, 0.2) is 30.7 Å². The fourth-order valence-electron chi connectivity index (χ4n) is 3.43. The zero-order chi connectivity index (χ0) is 20.6. The number of pyridine rings is 1. The lowest BCUT2D eigenvalue weighted by Crippen LogP contribution is -2.41. The van der Waals surface area contributed by atoms with Gasteiger partial charge in [-0.05, 0) is 18.9 Å². The van der Waals surface area contributed by atoms with E-state index in [0.29, 0.717) is 43.1 Å². The minimum atomic E-state index is -3.29. The molecule has 9 nitrogen and oxygen atoms in total. The molecule has 10 heteroatoms. The van der Waals surface area contributed by atoms with Crippen LogP contribution in [0.25, 0.3) is 0 Å². The maximum Gasteiger partial charge on any atom is 0.257 e. The third-order valence-corrected chi connectivity index (χ3v) is 7.67. The monoisotopic (exact) mass is 419 g/mol. The van der Waals surface area contributed by atoms with Gasteiger partial charge in [-0.3, -0.25) is 13.8 Å². The number of amides is 1. The predicted octanol–water partition coefficient (Wildman–Crippen LogP) is 1.43. The molecule has 3 heterocycles. The lowest BCUT2D eigenvalue weighted by molar-refractivity contribution is 0.0588. The highest BCUT2D eigenvalue weighted by Crippen LogP contribution is 2.32. The highest BCUT2D eigenvalue weighted by atomic mass is 32.2. The summed E-state index contributed by atoms with van der Waals surface area (Å²) in [6.07, 6.45) is 7.67. The number of aromatic nitrogens is 3. The molecule has 2 aromatic rings. The minimum absolute atomic E-state index is 0.0149. The zero-order valence-corrected chi connectivity index (χ0v) is 17.4. The van der Waals surface area contributed by atoms with Crippen molar-refractivity contribution < 1.29 is 17.9 Å². The summed E-state index contributed by atoms with van der Waals surface area (Å²) in [7, 11) is 0.0562. The van der Waals surface area contributed by atoms with Gasteiger partial charge in [0.15, 0.2) is 0 Å². The Labute approximate surface area is 170 Å². The average molecular weight is 420 g/mol. The summed E-state index contributed by atoms with van der Waals surface area (Å²) in [6, 6.07) is 3.41. The predicted molar refractivity (Wildman–Crippen MR) is 107 cm³/mol. The molecule has 1 aliphatic carbocycles. The SMILES string of the molecule is CN(c1ccc(OC2CCN(C(=O)c3cnn(C)c3)CC2)nc1)S(=O)(=O)C1CC1. The van der Waals surface area contributed by atoms with Gasteiger partial charge in [0.05, 0.1) is 28.9 Å². The van der Waals surface area contributed by atoms with E-state index in [-0.39, 0.29) is 17.3 Å². The molecule has 0 aromatic carbocycles. The summed E-state index contributed by atoms with van der Waals surface area (Å²) in [5, 5.41) is 3.78. The molecule has 4 rings (SSSR count). The van der Waals surface area contributed by atoms with Crippen molar-refractivity contribution in [2.75, 3.05) is 24.4 Å². The van der Waals surface area contributed by atoms with Crippen molar-refractivity contribution in [3.63, 3.8) is 0 Å². The number of carbonyl (C=O) groups is 1. The molecule has 1 saturated heterocycles. The molecule has 0 N–H and O–H groups in total. The molecule has 0 unspecified atom stereocenters. The third kappa shape index (κ3) is 4.21. The van der Waals surface area contributed by atoms with Gasteiger partial charge in [0, 0.05) is 52.3 Å². The second-order valence-corrected chi connectivity index (χ2v) is 9.82. The van der Waals surface area contributed by atoms with E-state index < -0.39 is 10.0 Å². The molecule has 156 valence electrons. The number of hydrogen-bond acceptors (Lipinski definition) is 6. The van der Waals surface area contributed by atoms with Gasteiger partial charge in [0.25, 0.3) is 5.91 Å². The Bertz CT molecular complexity index is 976. The Morgan fingerprint density at radius 1 is 1.17 bits per heavy atom. The third-order valence-electron chi connectivity index (χ3n) is 5.38. The van der Waals surface area contributed by atoms with Gasteiger partial charge in [0.1, 0.15) is 6.10 Å². The zero-order valence-electron chi connectivity index (χ0n) is 16.6. The number of piperidine rings is 1. The Balaban J connectivity index is 1.31. The van der Waals surface area contributed by atoms with Crippen LogP contribution in [0.1, 0.15) is 36.0 Å². The van der Waals surface area contributed by atoms with Gasteiger partial charge in [-0.15, -0.1) is 0 Å². The quantitative estimate of drug-likeness (QED) is 0.703. The van der Waals surface area contributed by atoms with Crippen molar-refractivity contribution in [3.05, 3.63) is 36.3 Å². The lowest BCUT2D eigenvalue weighted by Gasteiger charge is -2.31. The molecule has 2 aliphatic rings. The Hall–Kier alpha value is -2.62. The van der Waals surface area contributed by atoms with E-state index in [1.807, 2.05) is 4.90 Å². The van der Waals surface area contributed by atoms with Crippen LogP contribution in [0.3, 0.4) is 0 Å². The number of anilines is 1. The van der Waals surface area contributed by atoms with Crippen LogP contribution in [0, 0.1) is 0 Å². The van der Waals surface area contributed by atoms with Crippen LogP contribution >= 0.6 is 0 Å².